The van der Waals surface area contributed by atoms with Crippen LogP contribution in [0.3, 0.4) is 0 Å². The van der Waals surface area contributed by atoms with Gasteiger partial charge in [-0.2, -0.15) is 0 Å². The average Bonchev–Trinajstić information content (AvgIpc) is 2.60. The van der Waals surface area contributed by atoms with Crippen molar-refractivity contribution in [2.75, 3.05) is 13.2 Å². The van der Waals surface area contributed by atoms with Crippen LogP contribution in [0.25, 0.3) is 0 Å². The molecule has 1 N–H and O–H groups in total. The summed E-state index contributed by atoms with van der Waals surface area (Å²) in [5, 5.41) is 2.98. The topological polar surface area (TPSA) is 55.4 Å². The minimum atomic E-state index is 0.0437. The van der Waals surface area contributed by atoms with Gasteiger partial charge in [0.05, 0.1) is 6.61 Å². The van der Waals surface area contributed by atoms with Gasteiger partial charge in [-0.15, -0.1) is 0 Å². The van der Waals surface area contributed by atoms with Gasteiger partial charge in [-0.1, -0.05) is 11.6 Å². The summed E-state index contributed by atoms with van der Waals surface area (Å²) < 4.78 is 5.59. The second-order valence-electron chi connectivity index (χ2n) is 6.24. The minimum absolute atomic E-state index is 0.0437. The molecule has 0 saturated heterocycles. The van der Waals surface area contributed by atoms with E-state index >= 15 is 0 Å². The summed E-state index contributed by atoms with van der Waals surface area (Å²) in [5.74, 6) is 0.855. The van der Waals surface area contributed by atoms with Crippen molar-refractivity contribution in [3.05, 3.63) is 41.5 Å². The fourth-order valence-electron chi connectivity index (χ4n) is 2.79. The van der Waals surface area contributed by atoms with Crippen LogP contribution >= 0.6 is 0 Å². The maximum absolute atomic E-state index is 11.8. The number of Topliss-reactive ketones (excluding diaryl/α,β-unsaturated/α-hetero) is 1. The van der Waals surface area contributed by atoms with E-state index in [1.54, 1.807) is 31.2 Å². The number of hydrogen-bond acceptors (Lipinski definition) is 3. The first-order chi connectivity index (χ1) is 11.6. The van der Waals surface area contributed by atoms with Crippen molar-refractivity contribution in [1.29, 1.82) is 0 Å². The average molecular weight is 329 g/mol. The quantitative estimate of drug-likeness (QED) is 0.422. The van der Waals surface area contributed by atoms with Crippen LogP contribution in [-0.4, -0.2) is 24.8 Å². The number of ketones is 1. The Morgan fingerprint density at radius 3 is 2.62 bits per heavy atom. The molecule has 0 spiro atoms. The van der Waals surface area contributed by atoms with Crippen molar-refractivity contribution >= 4 is 11.7 Å². The summed E-state index contributed by atoms with van der Waals surface area (Å²) in [6, 6.07) is 7.08. The molecule has 1 amide bonds. The van der Waals surface area contributed by atoms with Crippen LogP contribution in [0.4, 0.5) is 0 Å². The van der Waals surface area contributed by atoms with E-state index in [0.29, 0.717) is 25.0 Å². The van der Waals surface area contributed by atoms with Crippen molar-refractivity contribution in [1.82, 2.24) is 5.32 Å². The first kappa shape index (κ1) is 18.2. The van der Waals surface area contributed by atoms with E-state index in [4.69, 9.17) is 4.74 Å². The van der Waals surface area contributed by atoms with Gasteiger partial charge < -0.3 is 10.1 Å². The molecule has 24 heavy (non-hydrogen) atoms. The van der Waals surface area contributed by atoms with E-state index in [0.717, 1.165) is 18.7 Å². The maximum Gasteiger partial charge on any atom is 0.220 e. The summed E-state index contributed by atoms with van der Waals surface area (Å²) in [6.45, 7) is 2.77. The number of carbonyl (C=O) groups is 2. The Kier molecular flexibility index (Phi) is 7.53. The third-order valence-corrected chi connectivity index (χ3v) is 4.23. The summed E-state index contributed by atoms with van der Waals surface area (Å²) in [4.78, 5) is 23.0. The summed E-state index contributed by atoms with van der Waals surface area (Å²) in [5.41, 5.74) is 2.16. The predicted octanol–water partition coefficient (Wildman–Crippen LogP) is 4.05. The monoisotopic (exact) mass is 329 g/mol. The molecule has 0 radical (unpaired) electrons. The van der Waals surface area contributed by atoms with Crippen molar-refractivity contribution in [3.63, 3.8) is 0 Å². The molecule has 0 saturated carbocycles. The first-order valence-corrected chi connectivity index (χ1v) is 8.83. The maximum atomic E-state index is 11.8. The highest BCUT2D eigenvalue weighted by Gasteiger charge is 2.05. The highest BCUT2D eigenvalue weighted by molar-refractivity contribution is 5.94. The lowest BCUT2D eigenvalue weighted by Crippen LogP contribution is -2.25. The number of nitrogens with one attached hydrogen (secondary N) is 1. The van der Waals surface area contributed by atoms with Crippen molar-refractivity contribution < 1.29 is 14.3 Å². The number of amides is 1. The number of ether oxygens (including phenoxy) is 1. The third-order valence-electron chi connectivity index (χ3n) is 4.23. The Balaban J connectivity index is 1.55. The van der Waals surface area contributed by atoms with E-state index < -0.39 is 0 Å². The highest BCUT2D eigenvalue weighted by atomic mass is 16.5. The summed E-state index contributed by atoms with van der Waals surface area (Å²) in [7, 11) is 0. The minimum Gasteiger partial charge on any atom is -0.494 e. The number of rotatable bonds is 9. The molecule has 1 aliphatic carbocycles. The fourth-order valence-corrected chi connectivity index (χ4v) is 2.79. The lowest BCUT2D eigenvalue weighted by Gasteiger charge is -2.13. The molecule has 4 heteroatoms. The first-order valence-electron chi connectivity index (χ1n) is 8.83. The molecule has 1 aromatic rings. The van der Waals surface area contributed by atoms with Gasteiger partial charge in [0, 0.05) is 18.5 Å². The van der Waals surface area contributed by atoms with Crippen LogP contribution in [0.1, 0.15) is 62.2 Å². The molecule has 4 nitrogen and oxygen atoms in total. The van der Waals surface area contributed by atoms with Crippen LogP contribution in [-0.2, 0) is 4.79 Å². The highest BCUT2D eigenvalue weighted by Crippen LogP contribution is 2.19. The normalized spacial score (nSPS) is 14.0. The molecule has 0 fully saturated rings. The van der Waals surface area contributed by atoms with E-state index in [9.17, 15) is 9.59 Å². The van der Waals surface area contributed by atoms with Crippen molar-refractivity contribution in [3.8, 4) is 5.75 Å². The smallest absolute Gasteiger partial charge is 0.220 e. The Morgan fingerprint density at radius 2 is 1.96 bits per heavy atom. The summed E-state index contributed by atoms with van der Waals surface area (Å²) in [6.07, 6.45) is 9.41. The molecule has 0 heterocycles. The van der Waals surface area contributed by atoms with E-state index in [-0.39, 0.29) is 11.7 Å². The van der Waals surface area contributed by atoms with Crippen LogP contribution < -0.4 is 10.1 Å². The third kappa shape index (κ3) is 6.57. The van der Waals surface area contributed by atoms with Gasteiger partial charge in [-0.05, 0) is 69.7 Å². The molecule has 1 aliphatic rings. The SMILES string of the molecule is CC(=O)c1ccc(OCCCC(=O)NCCC2=CCCCC2)cc1. The van der Waals surface area contributed by atoms with E-state index in [2.05, 4.69) is 11.4 Å². The second-order valence-corrected chi connectivity index (χ2v) is 6.24. The molecular weight excluding hydrogens is 302 g/mol. The van der Waals surface area contributed by atoms with Crippen LogP contribution in [0, 0.1) is 0 Å². The van der Waals surface area contributed by atoms with Crippen LogP contribution in [0.15, 0.2) is 35.9 Å². The van der Waals surface area contributed by atoms with Crippen LogP contribution in [0.2, 0.25) is 0 Å². The van der Waals surface area contributed by atoms with Gasteiger partial charge in [0.25, 0.3) is 0 Å². The molecule has 0 aliphatic heterocycles. The van der Waals surface area contributed by atoms with Gasteiger partial charge in [0.1, 0.15) is 5.75 Å². The Hall–Kier alpha value is -2.10. The fraction of sp³-hybridized carbons (Fsp3) is 0.500. The molecular formula is C20H27NO3. The number of allylic oxidation sites excluding steroid dienone is 1. The van der Waals surface area contributed by atoms with Gasteiger partial charge >= 0.3 is 0 Å². The van der Waals surface area contributed by atoms with Crippen LogP contribution in [0.5, 0.6) is 5.75 Å². The lowest BCUT2D eigenvalue weighted by molar-refractivity contribution is -0.121. The molecule has 0 unspecified atom stereocenters. The Morgan fingerprint density at radius 1 is 1.17 bits per heavy atom. The zero-order chi connectivity index (χ0) is 17.2. The van der Waals surface area contributed by atoms with Gasteiger partial charge in [0.2, 0.25) is 5.91 Å². The molecule has 0 atom stereocenters. The zero-order valence-corrected chi connectivity index (χ0v) is 14.5. The lowest BCUT2D eigenvalue weighted by atomic mass is 9.97. The summed E-state index contributed by atoms with van der Waals surface area (Å²) >= 11 is 0. The molecule has 130 valence electrons. The molecule has 2 rings (SSSR count). The van der Waals surface area contributed by atoms with Crippen molar-refractivity contribution in [2.24, 2.45) is 0 Å². The molecule has 0 bridgehead atoms. The largest absolute Gasteiger partial charge is 0.494 e. The van der Waals surface area contributed by atoms with Crippen molar-refractivity contribution in [2.45, 2.75) is 51.9 Å². The number of carbonyl (C=O) groups excluding carboxylic acids is 2. The molecule has 1 aromatic carbocycles. The van der Waals surface area contributed by atoms with Gasteiger partial charge in [-0.25, -0.2) is 0 Å². The second kappa shape index (κ2) is 9.91. The molecule has 0 aromatic heterocycles. The number of hydrogen-bond donors (Lipinski definition) is 1. The predicted molar refractivity (Wildman–Crippen MR) is 95.4 cm³/mol. The Bertz CT molecular complexity index is 575. The van der Waals surface area contributed by atoms with E-state index in [1.807, 2.05) is 0 Å². The van der Waals surface area contributed by atoms with E-state index in [1.165, 1.54) is 31.3 Å². The zero-order valence-electron chi connectivity index (χ0n) is 14.5. The number of benzene rings is 1. The van der Waals surface area contributed by atoms with Gasteiger partial charge in [-0.3, -0.25) is 9.59 Å². The Labute approximate surface area is 144 Å². The standard InChI is InChI=1S/C20H27NO3/c1-16(22)18-9-11-19(12-10-18)24-15-5-8-20(23)21-14-13-17-6-3-2-4-7-17/h6,9-12H,2-5,7-8,13-15H2,1H3,(H,21,23). The van der Waals surface area contributed by atoms with Gasteiger partial charge in [0.15, 0.2) is 5.78 Å².